The molecule has 1 aromatic rings. The number of carbonyl (C=O) groups excluding carboxylic acids is 1. The molecule has 0 spiro atoms. The van der Waals surface area contributed by atoms with Crippen LogP contribution in [0.15, 0.2) is 18.2 Å². The quantitative estimate of drug-likeness (QED) is 0.801. The Morgan fingerprint density at radius 3 is 2.61 bits per heavy atom. The lowest BCUT2D eigenvalue weighted by atomic mass is 9.96. The Hall–Kier alpha value is -1.26. The number of hydrogen-bond acceptors (Lipinski definition) is 3. The molecule has 0 saturated heterocycles. The maximum absolute atomic E-state index is 12.2. The van der Waals surface area contributed by atoms with E-state index in [4.69, 9.17) is 10.5 Å². The van der Waals surface area contributed by atoms with Gasteiger partial charge in [-0.15, -0.1) is 12.4 Å². The van der Waals surface area contributed by atoms with Crippen molar-refractivity contribution in [2.45, 2.75) is 52.0 Å². The van der Waals surface area contributed by atoms with Gasteiger partial charge in [0, 0.05) is 6.54 Å². The second-order valence-electron chi connectivity index (χ2n) is 6.93. The SMILES string of the molecule is Cc1ccc(C(C)C)c(OCC(=O)NC(C)(CN)C2CC2)c1.Cl. The highest BCUT2D eigenvalue weighted by Gasteiger charge is 2.41. The average molecular weight is 341 g/mol. The monoisotopic (exact) mass is 340 g/mol. The van der Waals surface area contributed by atoms with Crippen LogP contribution in [0, 0.1) is 12.8 Å². The first-order valence-corrected chi connectivity index (χ1v) is 8.10. The molecule has 23 heavy (non-hydrogen) atoms. The zero-order valence-corrected chi connectivity index (χ0v) is 15.3. The van der Waals surface area contributed by atoms with Crippen LogP contribution in [-0.4, -0.2) is 24.6 Å². The summed E-state index contributed by atoms with van der Waals surface area (Å²) >= 11 is 0. The van der Waals surface area contributed by atoms with Crippen LogP contribution in [0.5, 0.6) is 5.75 Å². The third-order valence-electron chi connectivity index (χ3n) is 4.48. The summed E-state index contributed by atoms with van der Waals surface area (Å²) in [7, 11) is 0. The molecule has 3 N–H and O–H groups in total. The number of nitrogens with one attached hydrogen (secondary N) is 1. The molecular weight excluding hydrogens is 312 g/mol. The molecule has 0 aliphatic heterocycles. The first-order chi connectivity index (χ1) is 10.4. The van der Waals surface area contributed by atoms with Gasteiger partial charge < -0.3 is 15.8 Å². The van der Waals surface area contributed by atoms with E-state index in [2.05, 4.69) is 31.3 Å². The van der Waals surface area contributed by atoms with E-state index < -0.39 is 0 Å². The van der Waals surface area contributed by atoms with E-state index in [1.807, 2.05) is 19.9 Å². The van der Waals surface area contributed by atoms with Crippen LogP contribution in [0.2, 0.25) is 0 Å². The molecule has 1 fully saturated rings. The van der Waals surface area contributed by atoms with Crippen molar-refractivity contribution in [3.05, 3.63) is 29.3 Å². The second kappa shape index (κ2) is 8.02. The van der Waals surface area contributed by atoms with Gasteiger partial charge in [-0.05, 0) is 55.7 Å². The van der Waals surface area contributed by atoms with Crippen molar-refractivity contribution < 1.29 is 9.53 Å². The molecule has 0 bridgehead atoms. The molecule has 1 amide bonds. The van der Waals surface area contributed by atoms with E-state index in [0.29, 0.717) is 18.4 Å². The summed E-state index contributed by atoms with van der Waals surface area (Å²) in [6.45, 7) is 8.79. The largest absolute Gasteiger partial charge is 0.483 e. The molecule has 130 valence electrons. The number of benzene rings is 1. The Bertz CT molecular complexity index is 544. The van der Waals surface area contributed by atoms with Crippen molar-refractivity contribution in [2.24, 2.45) is 11.7 Å². The predicted octanol–water partition coefficient (Wildman–Crippen LogP) is 3.16. The lowest BCUT2D eigenvalue weighted by molar-refractivity contribution is -0.125. The summed E-state index contributed by atoms with van der Waals surface area (Å²) < 4.78 is 5.78. The van der Waals surface area contributed by atoms with Crippen LogP contribution in [0.3, 0.4) is 0 Å². The smallest absolute Gasteiger partial charge is 0.258 e. The maximum Gasteiger partial charge on any atom is 0.258 e. The van der Waals surface area contributed by atoms with Gasteiger partial charge in [0.2, 0.25) is 0 Å². The molecule has 5 heteroatoms. The number of ether oxygens (including phenoxy) is 1. The Labute approximate surface area is 145 Å². The van der Waals surface area contributed by atoms with Crippen molar-refractivity contribution in [3.63, 3.8) is 0 Å². The molecule has 4 nitrogen and oxygen atoms in total. The molecule has 1 aromatic carbocycles. The summed E-state index contributed by atoms with van der Waals surface area (Å²) in [4.78, 5) is 12.2. The molecule has 0 aromatic heterocycles. The Kier molecular flexibility index (Phi) is 6.90. The van der Waals surface area contributed by atoms with Crippen molar-refractivity contribution in [3.8, 4) is 5.75 Å². The van der Waals surface area contributed by atoms with E-state index >= 15 is 0 Å². The van der Waals surface area contributed by atoms with Crippen LogP contribution in [0.4, 0.5) is 0 Å². The zero-order chi connectivity index (χ0) is 16.3. The third-order valence-corrected chi connectivity index (χ3v) is 4.48. The highest BCUT2D eigenvalue weighted by atomic mass is 35.5. The fourth-order valence-corrected chi connectivity index (χ4v) is 2.78. The van der Waals surface area contributed by atoms with E-state index in [1.54, 1.807) is 0 Å². The molecule has 1 atom stereocenters. The fourth-order valence-electron chi connectivity index (χ4n) is 2.78. The van der Waals surface area contributed by atoms with Gasteiger partial charge >= 0.3 is 0 Å². The van der Waals surface area contributed by atoms with Crippen LogP contribution in [-0.2, 0) is 4.79 Å². The van der Waals surface area contributed by atoms with Gasteiger partial charge in [-0.25, -0.2) is 0 Å². The average Bonchev–Trinajstić information content (AvgIpc) is 3.29. The Morgan fingerprint density at radius 2 is 2.09 bits per heavy atom. The zero-order valence-electron chi connectivity index (χ0n) is 14.5. The minimum absolute atomic E-state index is 0. The molecule has 1 saturated carbocycles. The van der Waals surface area contributed by atoms with E-state index in [-0.39, 0.29) is 30.5 Å². The van der Waals surface area contributed by atoms with Gasteiger partial charge in [0.05, 0.1) is 5.54 Å². The highest BCUT2D eigenvalue weighted by Crippen LogP contribution is 2.38. The predicted molar refractivity (Wildman–Crippen MR) is 96.3 cm³/mol. The second-order valence-corrected chi connectivity index (χ2v) is 6.93. The normalized spacial score (nSPS) is 16.4. The van der Waals surface area contributed by atoms with Crippen LogP contribution < -0.4 is 15.8 Å². The third kappa shape index (κ3) is 5.11. The molecule has 1 aliphatic rings. The molecule has 0 radical (unpaired) electrons. The fraction of sp³-hybridized carbons (Fsp3) is 0.611. The lowest BCUT2D eigenvalue weighted by Gasteiger charge is -2.29. The van der Waals surface area contributed by atoms with E-state index in [9.17, 15) is 4.79 Å². The molecule has 0 heterocycles. The van der Waals surface area contributed by atoms with Crippen molar-refractivity contribution in [1.82, 2.24) is 5.32 Å². The van der Waals surface area contributed by atoms with Gasteiger partial charge in [-0.3, -0.25) is 4.79 Å². The van der Waals surface area contributed by atoms with Crippen LogP contribution in [0.1, 0.15) is 50.7 Å². The summed E-state index contributed by atoms with van der Waals surface area (Å²) in [5.41, 5.74) is 7.79. The number of nitrogens with two attached hydrogens (primary N) is 1. The summed E-state index contributed by atoms with van der Waals surface area (Å²) in [6, 6.07) is 6.13. The number of amides is 1. The molecule has 1 aliphatic carbocycles. The summed E-state index contributed by atoms with van der Waals surface area (Å²) in [6.07, 6.45) is 2.29. The van der Waals surface area contributed by atoms with Gasteiger partial charge in [-0.2, -0.15) is 0 Å². The summed E-state index contributed by atoms with van der Waals surface area (Å²) in [5.74, 6) is 1.56. The van der Waals surface area contributed by atoms with Crippen molar-refractivity contribution >= 4 is 18.3 Å². The van der Waals surface area contributed by atoms with Gasteiger partial charge in [0.15, 0.2) is 6.61 Å². The Morgan fingerprint density at radius 1 is 1.43 bits per heavy atom. The van der Waals surface area contributed by atoms with E-state index in [0.717, 1.165) is 29.7 Å². The lowest BCUT2D eigenvalue weighted by Crippen LogP contribution is -2.54. The topological polar surface area (TPSA) is 64.3 Å². The Balaban J connectivity index is 0.00000264. The standard InChI is InChI=1S/C18H28N2O2.ClH/c1-12(2)15-8-5-13(3)9-16(15)22-10-17(21)20-18(4,11-19)14-6-7-14;/h5,8-9,12,14H,6-7,10-11,19H2,1-4H3,(H,20,21);1H. The van der Waals surface area contributed by atoms with Crippen LogP contribution >= 0.6 is 12.4 Å². The maximum atomic E-state index is 12.2. The molecule has 2 rings (SSSR count). The number of rotatable bonds is 7. The van der Waals surface area contributed by atoms with Gasteiger partial charge in [0.25, 0.3) is 5.91 Å². The summed E-state index contributed by atoms with van der Waals surface area (Å²) in [5, 5.41) is 3.05. The number of carbonyl (C=O) groups is 1. The van der Waals surface area contributed by atoms with E-state index in [1.165, 1.54) is 0 Å². The minimum atomic E-state index is -0.298. The first-order valence-electron chi connectivity index (χ1n) is 8.10. The molecular formula is C18H29ClN2O2. The van der Waals surface area contributed by atoms with Gasteiger partial charge in [-0.1, -0.05) is 26.0 Å². The highest BCUT2D eigenvalue weighted by molar-refractivity contribution is 5.85. The minimum Gasteiger partial charge on any atom is -0.483 e. The van der Waals surface area contributed by atoms with Crippen molar-refractivity contribution in [2.75, 3.05) is 13.2 Å². The number of aryl methyl sites for hydroxylation is 1. The first kappa shape index (κ1) is 19.8. The number of hydrogen-bond donors (Lipinski definition) is 2. The molecule has 1 unspecified atom stereocenters. The number of halogens is 1. The van der Waals surface area contributed by atoms with Crippen LogP contribution in [0.25, 0.3) is 0 Å². The van der Waals surface area contributed by atoms with Gasteiger partial charge in [0.1, 0.15) is 5.75 Å². The van der Waals surface area contributed by atoms with Crippen molar-refractivity contribution in [1.29, 1.82) is 0 Å².